The maximum atomic E-state index is 11.8. The number of carbonyl (C=O) groups excluding carboxylic acids is 1. The lowest BCUT2D eigenvalue weighted by molar-refractivity contribution is -0.121. The maximum Gasteiger partial charge on any atom is 0.220 e. The number of aryl methyl sites for hydroxylation is 2. The first-order chi connectivity index (χ1) is 10.6. The van der Waals surface area contributed by atoms with Gasteiger partial charge in [-0.3, -0.25) is 4.79 Å². The number of amides is 1. The SMILES string of the molecule is Cc1ccc(CCC(=O)NCCCN2CCC(O)CC2)cc1. The molecule has 1 amide bonds. The van der Waals surface area contributed by atoms with E-state index in [1.165, 1.54) is 11.1 Å². The predicted octanol–water partition coefficient (Wildman–Crippen LogP) is 1.89. The van der Waals surface area contributed by atoms with Crippen LogP contribution in [-0.2, 0) is 11.2 Å². The molecule has 0 atom stereocenters. The van der Waals surface area contributed by atoms with E-state index in [9.17, 15) is 9.90 Å². The van der Waals surface area contributed by atoms with Crippen molar-refractivity contribution >= 4 is 5.91 Å². The second kappa shape index (κ2) is 8.91. The fraction of sp³-hybridized carbons (Fsp3) is 0.611. The molecule has 1 fully saturated rings. The van der Waals surface area contributed by atoms with E-state index in [1.807, 2.05) is 0 Å². The van der Waals surface area contributed by atoms with Crippen molar-refractivity contribution in [2.24, 2.45) is 0 Å². The number of hydrogen-bond acceptors (Lipinski definition) is 3. The molecule has 0 aliphatic carbocycles. The minimum absolute atomic E-state index is 0.113. The third-order valence-corrected chi connectivity index (χ3v) is 4.29. The highest BCUT2D eigenvalue weighted by Crippen LogP contribution is 2.09. The molecule has 1 saturated heterocycles. The Kier molecular flexibility index (Phi) is 6.87. The van der Waals surface area contributed by atoms with Crippen molar-refractivity contribution in [3.8, 4) is 0 Å². The third kappa shape index (κ3) is 6.16. The van der Waals surface area contributed by atoms with Crippen molar-refractivity contribution < 1.29 is 9.90 Å². The number of nitrogens with one attached hydrogen (secondary N) is 1. The van der Waals surface area contributed by atoms with Gasteiger partial charge in [-0.15, -0.1) is 0 Å². The fourth-order valence-corrected chi connectivity index (χ4v) is 2.77. The smallest absolute Gasteiger partial charge is 0.220 e. The first-order valence-electron chi connectivity index (χ1n) is 8.36. The molecule has 1 heterocycles. The average molecular weight is 304 g/mol. The number of nitrogens with zero attached hydrogens (tertiary/aromatic N) is 1. The van der Waals surface area contributed by atoms with Crippen molar-refractivity contribution in [1.29, 1.82) is 0 Å². The normalized spacial score (nSPS) is 16.6. The van der Waals surface area contributed by atoms with Crippen LogP contribution < -0.4 is 5.32 Å². The first kappa shape index (κ1) is 17.0. The van der Waals surface area contributed by atoms with Gasteiger partial charge < -0.3 is 15.3 Å². The average Bonchev–Trinajstić information content (AvgIpc) is 2.53. The van der Waals surface area contributed by atoms with Crippen LogP contribution in [0.1, 0.15) is 36.8 Å². The van der Waals surface area contributed by atoms with Gasteiger partial charge in [0.1, 0.15) is 0 Å². The number of likely N-dealkylation sites (tertiary alicyclic amines) is 1. The molecular formula is C18H28N2O2. The number of aliphatic hydroxyl groups excluding tert-OH is 1. The molecule has 0 bridgehead atoms. The summed E-state index contributed by atoms with van der Waals surface area (Å²) in [4.78, 5) is 14.2. The van der Waals surface area contributed by atoms with E-state index in [2.05, 4.69) is 41.4 Å². The fourth-order valence-electron chi connectivity index (χ4n) is 2.77. The highest BCUT2D eigenvalue weighted by Gasteiger charge is 2.16. The molecule has 0 saturated carbocycles. The largest absolute Gasteiger partial charge is 0.393 e. The van der Waals surface area contributed by atoms with Crippen LogP contribution >= 0.6 is 0 Å². The van der Waals surface area contributed by atoms with Gasteiger partial charge in [-0.05, 0) is 44.7 Å². The van der Waals surface area contributed by atoms with Crippen LogP contribution in [0.25, 0.3) is 0 Å². The second-order valence-corrected chi connectivity index (χ2v) is 6.26. The summed E-state index contributed by atoms with van der Waals surface area (Å²) in [6.07, 6.45) is 3.98. The van der Waals surface area contributed by atoms with Gasteiger partial charge >= 0.3 is 0 Å². The van der Waals surface area contributed by atoms with E-state index < -0.39 is 0 Å². The minimum atomic E-state index is -0.113. The highest BCUT2D eigenvalue weighted by atomic mass is 16.3. The number of carbonyl (C=O) groups is 1. The zero-order valence-corrected chi connectivity index (χ0v) is 13.6. The number of piperidine rings is 1. The highest BCUT2D eigenvalue weighted by molar-refractivity contribution is 5.76. The Bertz CT molecular complexity index is 451. The van der Waals surface area contributed by atoms with E-state index >= 15 is 0 Å². The Morgan fingerprint density at radius 1 is 1.27 bits per heavy atom. The Labute approximate surface area is 133 Å². The summed E-state index contributed by atoms with van der Waals surface area (Å²) in [5.41, 5.74) is 2.46. The Morgan fingerprint density at radius 2 is 1.95 bits per heavy atom. The quantitative estimate of drug-likeness (QED) is 0.756. The molecule has 0 unspecified atom stereocenters. The van der Waals surface area contributed by atoms with E-state index in [-0.39, 0.29) is 12.0 Å². The van der Waals surface area contributed by atoms with Gasteiger partial charge in [0.25, 0.3) is 0 Å². The molecule has 1 aliphatic rings. The predicted molar refractivity (Wildman–Crippen MR) is 88.8 cm³/mol. The summed E-state index contributed by atoms with van der Waals surface area (Å²) in [5, 5.41) is 12.5. The topological polar surface area (TPSA) is 52.6 Å². The third-order valence-electron chi connectivity index (χ3n) is 4.29. The van der Waals surface area contributed by atoms with Crippen LogP contribution in [0, 0.1) is 6.92 Å². The van der Waals surface area contributed by atoms with Crippen LogP contribution in [0.4, 0.5) is 0 Å². The summed E-state index contributed by atoms with van der Waals surface area (Å²) < 4.78 is 0. The van der Waals surface area contributed by atoms with Gasteiger partial charge in [0, 0.05) is 26.1 Å². The van der Waals surface area contributed by atoms with Crippen molar-refractivity contribution in [2.45, 2.75) is 45.1 Å². The van der Waals surface area contributed by atoms with E-state index in [0.29, 0.717) is 6.42 Å². The van der Waals surface area contributed by atoms with Gasteiger partial charge in [-0.2, -0.15) is 0 Å². The van der Waals surface area contributed by atoms with Crippen LogP contribution in [0.3, 0.4) is 0 Å². The lowest BCUT2D eigenvalue weighted by Gasteiger charge is -2.29. The molecule has 4 heteroatoms. The summed E-state index contributed by atoms with van der Waals surface area (Å²) in [5.74, 6) is 0.134. The summed E-state index contributed by atoms with van der Waals surface area (Å²) in [6, 6.07) is 8.35. The molecule has 0 spiro atoms. The number of rotatable bonds is 7. The van der Waals surface area contributed by atoms with Crippen molar-refractivity contribution in [3.63, 3.8) is 0 Å². The molecule has 2 rings (SSSR count). The van der Waals surface area contributed by atoms with Crippen molar-refractivity contribution in [1.82, 2.24) is 10.2 Å². The van der Waals surface area contributed by atoms with Gasteiger partial charge in [-0.25, -0.2) is 0 Å². The lowest BCUT2D eigenvalue weighted by Crippen LogP contribution is -2.37. The molecule has 22 heavy (non-hydrogen) atoms. The van der Waals surface area contributed by atoms with Gasteiger partial charge in [0.05, 0.1) is 6.10 Å². The first-order valence-corrected chi connectivity index (χ1v) is 8.36. The zero-order chi connectivity index (χ0) is 15.8. The molecule has 0 radical (unpaired) electrons. The molecule has 122 valence electrons. The van der Waals surface area contributed by atoms with Crippen LogP contribution in [0.15, 0.2) is 24.3 Å². The summed E-state index contributed by atoms with van der Waals surface area (Å²) >= 11 is 0. The molecule has 1 aromatic carbocycles. The van der Waals surface area contributed by atoms with Crippen molar-refractivity contribution in [3.05, 3.63) is 35.4 Å². The maximum absolute atomic E-state index is 11.8. The summed E-state index contributed by atoms with van der Waals surface area (Å²) in [7, 11) is 0. The molecule has 0 aromatic heterocycles. The lowest BCUT2D eigenvalue weighted by atomic mass is 10.1. The minimum Gasteiger partial charge on any atom is -0.393 e. The van der Waals surface area contributed by atoms with E-state index in [4.69, 9.17) is 0 Å². The number of aliphatic hydroxyl groups is 1. The van der Waals surface area contributed by atoms with Gasteiger partial charge in [0.2, 0.25) is 5.91 Å². The van der Waals surface area contributed by atoms with E-state index in [0.717, 1.165) is 51.9 Å². The monoisotopic (exact) mass is 304 g/mol. The summed E-state index contributed by atoms with van der Waals surface area (Å²) in [6.45, 7) is 5.77. The zero-order valence-electron chi connectivity index (χ0n) is 13.6. The molecule has 1 aromatic rings. The number of benzene rings is 1. The Hall–Kier alpha value is -1.39. The van der Waals surface area contributed by atoms with E-state index in [1.54, 1.807) is 0 Å². The van der Waals surface area contributed by atoms with Crippen molar-refractivity contribution in [2.75, 3.05) is 26.2 Å². The standard InChI is InChI=1S/C18H28N2O2/c1-15-3-5-16(6-4-15)7-8-18(22)19-11-2-12-20-13-9-17(21)10-14-20/h3-6,17,21H,2,7-14H2,1H3,(H,19,22). The molecular weight excluding hydrogens is 276 g/mol. The Morgan fingerprint density at radius 3 is 2.64 bits per heavy atom. The van der Waals surface area contributed by atoms with Gasteiger partial charge in [0.15, 0.2) is 0 Å². The second-order valence-electron chi connectivity index (χ2n) is 6.26. The van der Waals surface area contributed by atoms with Crippen LogP contribution in [0.5, 0.6) is 0 Å². The molecule has 1 aliphatic heterocycles. The van der Waals surface area contributed by atoms with Gasteiger partial charge in [-0.1, -0.05) is 29.8 Å². The number of hydrogen-bond donors (Lipinski definition) is 2. The Balaban J connectivity index is 1.53. The van der Waals surface area contributed by atoms with Crippen LogP contribution in [0.2, 0.25) is 0 Å². The molecule has 2 N–H and O–H groups in total. The molecule has 4 nitrogen and oxygen atoms in total. The van der Waals surface area contributed by atoms with Crippen LogP contribution in [-0.4, -0.2) is 48.2 Å².